The average molecular weight is 224 g/mol. The summed E-state index contributed by atoms with van der Waals surface area (Å²) in [5.74, 6) is 0.290. The van der Waals surface area contributed by atoms with Gasteiger partial charge in [0.2, 0.25) is 0 Å². The number of hydrogen-bond donors (Lipinski definition) is 1. The molecule has 0 heterocycles. The van der Waals surface area contributed by atoms with Crippen molar-refractivity contribution < 1.29 is 9.53 Å². The van der Waals surface area contributed by atoms with E-state index in [-0.39, 0.29) is 18.2 Å². The highest BCUT2D eigenvalue weighted by atomic mass is 16.6. The Morgan fingerprint density at radius 3 is 2.81 bits per heavy atom. The quantitative estimate of drug-likeness (QED) is 0.801. The molecule has 0 aromatic carbocycles. The van der Waals surface area contributed by atoms with Gasteiger partial charge in [-0.15, -0.1) is 0 Å². The maximum atomic E-state index is 11.5. The van der Waals surface area contributed by atoms with Crippen molar-refractivity contribution in [3.8, 4) is 6.07 Å². The van der Waals surface area contributed by atoms with Gasteiger partial charge in [-0.25, -0.2) is 4.79 Å². The molecule has 0 aliphatic heterocycles. The third kappa shape index (κ3) is 4.09. The molecule has 0 unspecified atom stereocenters. The molecule has 1 rings (SSSR count). The number of carbonyl (C=O) groups excluding carboxylic acids is 1. The molecule has 4 nitrogen and oxygen atoms in total. The van der Waals surface area contributed by atoms with E-state index in [4.69, 9.17) is 10.00 Å². The van der Waals surface area contributed by atoms with Crippen LogP contribution in [-0.2, 0) is 4.74 Å². The van der Waals surface area contributed by atoms with Crippen LogP contribution in [0, 0.1) is 17.2 Å². The molecule has 1 N–H and O–H groups in total. The van der Waals surface area contributed by atoms with Crippen molar-refractivity contribution in [1.82, 2.24) is 5.32 Å². The van der Waals surface area contributed by atoms with Crippen LogP contribution in [0.4, 0.5) is 4.79 Å². The molecule has 16 heavy (non-hydrogen) atoms. The van der Waals surface area contributed by atoms with Crippen LogP contribution in [-0.4, -0.2) is 18.2 Å². The maximum absolute atomic E-state index is 11.5. The highest BCUT2D eigenvalue weighted by Gasteiger charge is 2.26. The number of amides is 1. The van der Waals surface area contributed by atoms with Gasteiger partial charge in [0.1, 0.15) is 0 Å². The van der Waals surface area contributed by atoms with E-state index < -0.39 is 0 Å². The molecule has 1 fully saturated rings. The molecule has 1 aliphatic rings. The zero-order chi connectivity index (χ0) is 12.0. The van der Waals surface area contributed by atoms with Gasteiger partial charge >= 0.3 is 6.09 Å². The first-order chi connectivity index (χ1) is 7.63. The van der Waals surface area contributed by atoms with Crippen LogP contribution in [0.25, 0.3) is 0 Å². The number of ether oxygens (including phenoxy) is 1. The number of carbonyl (C=O) groups is 1. The molecular formula is C12H20N2O2. The summed E-state index contributed by atoms with van der Waals surface area (Å²) in [6, 6.07) is 2.30. The summed E-state index contributed by atoms with van der Waals surface area (Å²) in [5, 5.41) is 11.6. The van der Waals surface area contributed by atoms with Crippen LogP contribution in [0.3, 0.4) is 0 Å². The van der Waals surface area contributed by atoms with E-state index in [0.717, 1.165) is 25.7 Å². The van der Waals surface area contributed by atoms with Crippen LogP contribution in [0.2, 0.25) is 0 Å². The Morgan fingerprint density at radius 2 is 2.19 bits per heavy atom. The lowest BCUT2D eigenvalue weighted by molar-refractivity contribution is 0.105. The van der Waals surface area contributed by atoms with Crippen molar-refractivity contribution in [1.29, 1.82) is 5.26 Å². The van der Waals surface area contributed by atoms with E-state index in [2.05, 4.69) is 11.4 Å². The highest BCUT2D eigenvalue weighted by Crippen LogP contribution is 2.26. The average Bonchev–Trinajstić information content (AvgIpc) is 2.20. The van der Waals surface area contributed by atoms with E-state index in [1.54, 1.807) is 0 Å². The van der Waals surface area contributed by atoms with E-state index in [0.29, 0.717) is 12.3 Å². The number of nitrogens with zero attached hydrogens (tertiary/aromatic N) is 1. The smallest absolute Gasteiger partial charge is 0.407 e. The Balaban J connectivity index is 2.43. The Hall–Kier alpha value is -1.24. The van der Waals surface area contributed by atoms with Crippen molar-refractivity contribution in [3.63, 3.8) is 0 Å². The summed E-state index contributed by atoms with van der Waals surface area (Å²) in [6.45, 7) is 3.65. The minimum atomic E-state index is -0.357. The van der Waals surface area contributed by atoms with Gasteiger partial charge in [0.25, 0.3) is 0 Å². The fourth-order valence-electron chi connectivity index (χ4n) is 2.16. The lowest BCUT2D eigenvalue weighted by atomic mass is 9.83. The lowest BCUT2D eigenvalue weighted by Gasteiger charge is -2.30. The maximum Gasteiger partial charge on any atom is 0.407 e. The molecule has 0 spiro atoms. The zero-order valence-corrected chi connectivity index (χ0v) is 10.0. The summed E-state index contributed by atoms with van der Waals surface area (Å²) in [5.41, 5.74) is 0. The summed E-state index contributed by atoms with van der Waals surface area (Å²) in [6.07, 6.45) is 4.33. The number of alkyl carbamates (subject to hydrolysis) is 1. The first kappa shape index (κ1) is 12.8. The van der Waals surface area contributed by atoms with Crippen molar-refractivity contribution in [2.24, 2.45) is 5.92 Å². The van der Waals surface area contributed by atoms with Crippen molar-refractivity contribution >= 4 is 6.09 Å². The number of hydrogen-bond acceptors (Lipinski definition) is 3. The fraction of sp³-hybridized carbons (Fsp3) is 0.833. The van der Waals surface area contributed by atoms with Crippen LogP contribution in [0.1, 0.15) is 46.0 Å². The third-order valence-corrected chi connectivity index (χ3v) is 2.91. The van der Waals surface area contributed by atoms with Crippen LogP contribution < -0.4 is 5.32 Å². The second kappa shape index (κ2) is 6.37. The van der Waals surface area contributed by atoms with Crippen LogP contribution >= 0.6 is 0 Å². The molecule has 1 aliphatic carbocycles. The molecule has 90 valence electrons. The van der Waals surface area contributed by atoms with Crippen molar-refractivity contribution in [3.05, 3.63) is 0 Å². The molecule has 0 aromatic heterocycles. The van der Waals surface area contributed by atoms with Crippen LogP contribution in [0.15, 0.2) is 0 Å². The summed E-state index contributed by atoms with van der Waals surface area (Å²) in [4.78, 5) is 11.5. The van der Waals surface area contributed by atoms with Gasteiger partial charge in [-0.05, 0) is 32.6 Å². The van der Waals surface area contributed by atoms with Crippen molar-refractivity contribution in [2.75, 3.05) is 0 Å². The van der Waals surface area contributed by atoms with Crippen molar-refractivity contribution in [2.45, 2.75) is 58.1 Å². The van der Waals surface area contributed by atoms with Crippen LogP contribution in [0.5, 0.6) is 0 Å². The predicted octanol–water partition coefficient (Wildman–Crippen LogP) is 2.59. The topological polar surface area (TPSA) is 62.1 Å². The Labute approximate surface area is 97.0 Å². The van der Waals surface area contributed by atoms with E-state index in [1.807, 2.05) is 13.8 Å². The fourth-order valence-corrected chi connectivity index (χ4v) is 2.16. The van der Waals surface area contributed by atoms with Gasteiger partial charge in [0.15, 0.2) is 0 Å². The number of rotatable bonds is 3. The molecule has 2 atom stereocenters. The Kier molecular flexibility index (Phi) is 5.10. The molecule has 0 radical (unpaired) electrons. The Bertz CT molecular complexity index is 271. The summed E-state index contributed by atoms with van der Waals surface area (Å²) in [7, 11) is 0. The second-order valence-corrected chi connectivity index (χ2v) is 4.61. The minimum Gasteiger partial charge on any atom is -0.447 e. The zero-order valence-electron chi connectivity index (χ0n) is 10.0. The lowest BCUT2D eigenvalue weighted by Crippen LogP contribution is -2.42. The normalized spacial score (nSPS) is 24.9. The Morgan fingerprint density at radius 1 is 1.50 bits per heavy atom. The minimum absolute atomic E-state index is 0.0991. The first-order valence-electron chi connectivity index (χ1n) is 5.97. The second-order valence-electron chi connectivity index (χ2n) is 4.61. The highest BCUT2D eigenvalue weighted by molar-refractivity contribution is 5.67. The van der Waals surface area contributed by atoms with Gasteiger partial charge in [0, 0.05) is 12.5 Å². The molecular weight excluding hydrogens is 204 g/mol. The predicted molar refractivity (Wildman–Crippen MR) is 60.7 cm³/mol. The molecule has 4 heteroatoms. The molecule has 0 aromatic rings. The summed E-state index contributed by atoms with van der Waals surface area (Å²) >= 11 is 0. The molecule has 1 amide bonds. The SMILES string of the molecule is CC(C)OC(=O)N[C@H]1CCCC[C@@H]1CC#N. The van der Waals surface area contributed by atoms with E-state index in [1.165, 1.54) is 0 Å². The first-order valence-corrected chi connectivity index (χ1v) is 5.97. The largest absolute Gasteiger partial charge is 0.447 e. The van der Waals surface area contributed by atoms with E-state index in [9.17, 15) is 4.79 Å². The van der Waals surface area contributed by atoms with Gasteiger partial charge in [-0.2, -0.15) is 5.26 Å². The van der Waals surface area contributed by atoms with Gasteiger partial charge < -0.3 is 10.1 Å². The standard InChI is InChI=1S/C12H20N2O2/c1-9(2)16-12(15)14-11-6-4-3-5-10(11)7-8-13/h9-11H,3-7H2,1-2H3,(H,14,15)/t10-,11+/m1/s1. The van der Waals surface area contributed by atoms with Gasteiger partial charge in [-0.1, -0.05) is 12.8 Å². The number of nitriles is 1. The number of nitrogens with one attached hydrogen (secondary N) is 1. The monoisotopic (exact) mass is 224 g/mol. The molecule has 0 bridgehead atoms. The van der Waals surface area contributed by atoms with Gasteiger partial charge in [0.05, 0.1) is 12.2 Å². The summed E-state index contributed by atoms with van der Waals surface area (Å²) < 4.78 is 5.05. The van der Waals surface area contributed by atoms with Gasteiger partial charge in [-0.3, -0.25) is 0 Å². The third-order valence-electron chi connectivity index (χ3n) is 2.91. The molecule has 1 saturated carbocycles. The molecule has 0 saturated heterocycles. The van der Waals surface area contributed by atoms with E-state index >= 15 is 0 Å².